The molecule has 5 heteroatoms. The highest BCUT2D eigenvalue weighted by atomic mass is 16.5. The zero-order chi connectivity index (χ0) is 14.7. The molecule has 1 amide bonds. The smallest absolute Gasteiger partial charge is 0.259 e. The first-order chi connectivity index (χ1) is 9.54. The third-order valence-corrected chi connectivity index (χ3v) is 3.72. The van der Waals surface area contributed by atoms with Gasteiger partial charge in [0.2, 0.25) is 0 Å². The molecule has 0 radical (unpaired) electrons. The monoisotopic (exact) mass is 278 g/mol. The molecule has 0 saturated carbocycles. The van der Waals surface area contributed by atoms with Crippen LogP contribution in [0.3, 0.4) is 0 Å². The van der Waals surface area contributed by atoms with Crippen LogP contribution < -0.4 is 5.43 Å². The van der Waals surface area contributed by atoms with Crippen LogP contribution in [0.15, 0.2) is 10.9 Å². The standard InChI is InChI=1S/C15H22N2O3/c1-4-20-9-12-6-5-7-17(12)15(19)14-11(3)16-10(2)8-13(14)18/h8,12H,4-7,9H2,1-3H3,(H,16,18). The van der Waals surface area contributed by atoms with E-state index < -0.39 is 0 Å². The average molecular weight is 278 g/mol. The van der Waals surface area contributed by atoms with Gasteiger partial charge >= 0.3 is 0 Å². The molecule has 1 atom stereocenters. The number of aromatic amines is 1. The summed E-state index contributed by atoms with van der Waals surface area (Å²) in [6, 6.07) is 1.57. The van der Waals surface area contributed by atoms with E-state index in [0.717, 1.165) is 18.5 Å². The van der Waals surface area contributed by atoms with E-state index in [2.05, 4.69) is 4.98 Å². The Morgan fingerprint density at radius 1 is 1.50 bits per heavy atom. The van der Waals surface area contributed by atoms with E-state index in [1.807, 2.05) is 13.8 Å². The van der Waals surface area contributed by atoms with Crippen LogP contribution in [-0.4, -0.2) is 41.6 Å². The van der Waals surface area contributed by atoms with Crippen molar-refractivity contribution < 1.29 is 9.53 Å². The van der Waals surface area contributed by atoms with E-state index in [1.165, 1.54) is 6.07 Å². The van der Waals surface area contributed by atoms with Crippen molar-refractivity contribution in [2.24, 2.45) is 0 Å². The quantitative estimate of drug-likeness (QED) is 0.910. The number of aryl methyl sites for hydroxylation is 2. The molecule has 5 nitrogen and oxygen atoms in total. The molecule has 1 fully saturated rings. The van der Waals surface area contributed by atoms with Crippen molar-refractivity contribution in [1.29, 1.82) is 0 Å². The average Bonchev–Trinajstić information content (AvgIpc) is 2.83. The van der Waals surface area contributed by atoms with Crippen LogP contribution in [-0.2, 0) is 4.74 Å². The maximum Gasteiger partial charge on any atom is 0.259 e. The summed E-state index contributed by atoms with van der Waals surface area (Å²) >= 11 is 0. The van der Waals surface area contributed by atoms with Crippen molar-refractivity contribution >= 4 is 5.91 Å². The minimum absolute atomic E-state index is 0.0857. The van der Waals surface area contributed by atoms with Crippen molar-refractivity contribution in [3.63, 3.8) is 0 Å². The van der Waals surface area contributed by atoms with Crippen LogP contribution in [0.25, 0.3) is 0 Å². The molecule has 1 aliphatic rings. The largest absolute Gasteiger partial charge is 0.380 e. The van der Waals surface area contributed by atoms with Crippen LogP contribution >= 0.6 is 0 Å². The van der Waals surface area contributed by atoms with Crippen LogP contribution in [0.5, 0.6) is 0 Å². The molecule has 2 rings (SSSR count). The molecular weight excluding hydrogens is 256 g/mol. The van der Waals surface area contributed by atoms with Crippen molar-refractivity contribution in [2.45, 2.75) is 39.7 Å². The summed E-state index contributed by atoms with van der Waals surface area (Å²) in [6.45, 7) is 7.42. The summed E-state index contributed by atoms with van der Waals surface area (Å²) in [6.07, 6.45) is 1.90. The van der Waals surface area contributed by atoms with Crippen molar-refractivity contribution in [2.75, 3.05) is 19.8 Å². The lowest BCUT2D eigenvalue weighted by atomic mass is 10.1. The number of aromatic nitrogens is 1. The highest BCUT2D eigenvalue weighted by Crippen LogP contribution is 2.20. The molecule has 2 heterocycles. The summed E-state index contributed by atoms with van der Waals surface area (Å²) in [4.78, 5) is 29.5. The minimum atomic E-state index is -0.203. The number of rotatable bonds is 4. The number of H-pyrrole nitrogens is 1. The summed E-state index contributed by atoms with van der Waals surface area (Å²) in [7, 11) is 0. The summed E-state index contributed by atoms with van der Waals surface area (Å²) < 4.78 is 5.43. The normalized spacial score (nSPS) is 18.6. The summed E-state index contributed by atoms with van der Waals surface area (Å²) in [5.74, 6) is -0.175. The Bertz CT molecular complexity index is 551. The first kappa shape index (κ1) is 14.8. The van der Waals surface area contributed by atoms with Crippen LogP contribution in [0.2, 0.25) is 0 Å². The second-order valence-corrected chi connectivity index (χ2v) is 5.27. The first-order valence-corrected chi connectivity index (χ1v) is 7.13. The number of nitrogens with zero attached hydrogens (tertiary/aromatic N) is 1. The maximum atomic E-state index is 12.6. The number of ether oxygens (including phenoxy) is 1. The van der Waals surface area contributed by atoms with Crippen LogP contribution in [0.1, 0.15) is 41.5 Å². The molecule has 110 valence electrons. The zero-order valence-corrected chi connectivity index (χ0v) is 12.4. The van der Waals surface area contributed by atoms with Crippen molar-refractivity contribution in [3.05, 3.63) is 33.2 Å². The lowest BCUT2D eigenvalue weighted by Crippen LogP contribution is -2.40. The van der Waals surface area contributed by atoms with E-state index in [9.17, 15) is 9.59 Å². The third kappa shape index (κ3) is 2.93. The van der Waals surface area contributed by atoms with Crippen LogP contribution in [0.4, 0.5) is 0 Å². The van der Waals surface area contributed by atoms with Crippen LogP contribution in [0, 0.1) is 13.8 Å². The van der Waals surface area contributed by atoms with Gasteiger partial charge in [0.25, 0.3) is 5.91 Å². The Morgan fingerprint density at radius 3 is 2.90 bits per heavy atom. The second-order valence-electron chi connectivity index (χ2n) is 5.27. The van der Waals surface area contributed by atoms with Gasteiger partial charge in [-0.2, -0.15) is 0 Å². The van der Waals surface area contributed by atoms with Gasteiger partial charge < -0.3 is 14.6 Å². The van der Waals surface area contributed by atoms with Gasteiger partial charge in [0.05, 0.1) is 12.6 Å². The Morgan fingerprint density at radius 2 is 2.25 bits per heavy atom. The molecule has 0 bridgehead atoms. The van der Waals surface area contributed by atoms with E-state index >= 15 is 0 Å². The fourth-order valence-electron chi connectivity index (χ4n) is 2.79. The number of pyridine rings is 1. The lowest BCUT2D eigenvalue weighted by Gasteiger charge is -2.25. The number of hydrogen-bond donors (Lipinski definition) is 1. The molecular formula is C15H22N2O3. The second kappa shape index (κ2) is 6.22. The fraction of sp³-hybridized carbons (Fsp3) is 0.600. The van der Waals surface area contributed by atoms with Gasteiger partial charge in [-0.3, -0.25) is 9.59 Å². The Hall–Kier alpha value is -1.62. The number of likely N-dealkylation sites (tertiary alicyclic amines) is 1. The molecule has 0 aromatic carbocycles. The van der Waals surface area contributed by atoms with Gasteiger partial charge in [-0.05, 0) is 33.6 Å². The van der Waals surface area contributed by atoms with Gasteiger partial charge in [-0.15, -0.1) is 0 Å². The maximum absolute atomic E-state index is 12.6. The Labute approximate surface area is 118 Å². The molecule has 20 heavy (non-hydrogen) atoms. The van der Waals surface area contributed by atoms with Crippen molar-refractivity contribution in [3.8, 4) is 0 Å². The number of carbonyl (C=O) groups excluding carboxylic acids is 1. The van der Waals surface area contributed by atoms with E-state index in [-0.39, 0.29) is 22.9 Å². The van der Waals surface area contributed by atoms with Crippen molar-refractivity contribution in [1.82, 2.24) is 9.88 Å². The van der Waals surface area contributed by atoms with E-state index in [4.69, 9.17) is 4.74 Å². The number of amides is 1. The highest BCUT2D eigenvalue weighted by Gasteiger charge is 2.31. The Kier molecular flexibility index (Phi) is 4.60. The number of carbonyl (C=O) groups is 1. The van der Waals surface area contributed by atoms with Gasteiger partial charge in [0.1, 0.15) is 5.56 Å². The molecule has 1 aromatic rings. The number of nitrogens with one attached hydrogen (secondary N) is 1. The van der Waals surface area contributed by atoms with E-state index in [1.54, 1.807) is 11.8 Å². The number of hydrogen-bond acceptors (Lipinski definition) is 3. The first-order valence-electron chi connectivity index (χ1n) is 7.13. The fourth-order valence-corrected chi connectivity index (χ4v) is 2.79. The molecule has 0 spiro atoms. The minimum Gasteiger partial charge on any atom is -0.380 e. The summed E-state index contributed by atoms with van der Waals surface area (Å²) in [5.41, 5.74) is 1.48. The third-order valence-electron chi connectivity index (χ3n) is 3.72. The van der Waals surface area contributed by atoms with Gasteiger partial charge in [0, 0.05) is 30.6 Å². The lowest BCUT2D eigenvalue weighted by molar-refractivity contribution is 0.0562. The Balaban J connectivity index is 2.25. The van der Waals surface area contributed by atoms with E-state index in [0.29, 0.717) is 25.5 Å². The predicted molar refractivity (Wildman–Crippen MR) is 77.1 cm³/mol. The zero-order valence-electron chi connectivity index (χ0n) is 12.4. The SMILES string of the molecule is CCOCC1CCCN1C(=O)c1c(C)[nH]c(C)cc1=O. The molecule has 1 aromatic heterocycles. The molecule has 1 saturated heterocycles. The summed E-state index contributed by atoms with van der Waals surface area (Å²) in [5, 5.41) is 0. The van der Waals surface area contributed by atoms with Gasteiger partial charge in [-0.25, -0.2) is 0 Å². The predicted octanol–water partition coefficient (Wildman–Crippen LogP) is 1.63. The topological polar surface area (TPSA) is 62.4 Å². The highest BCUT2D eigenvalue weighted by molar-refractivity contribution is 5.95. The molecule has 1 aliphatic heterocycles. The van der Waals surface area contributed by atoms with Gasteiger partial charge in [-0.1, -0.05) is 0 Å². The molecule has 0 aliphatic carbocycles. The van der Waals surface area contributed by atoms with Gasteiger partial charge in [0.15, 0.2) is 5.43 Å². The molecule has 1 N–H and O–H groups in total. The molecule has 1 unspecified atom stereocenters.